The van der Waals surface area contributed by atoms with Crippen molar-refractivity contribution in [2.75, 3.05) is 6.61 Å². The summed E-state index contributed by atoms with van der Waals surface area (Å²) in [7, 11) is 0. The van der Waals surface area contributed by atoms with Crippen LogP contribution in [0.4, 0.5) is 0 Å². The average molecular weight is 124 g/mol. The molecule has 0 heterocycles. The monoisotopic (exact) mass is 124 g/mol. The molecule has 0 bridgehead atoms. The van der Waals surface area contributed by atoms with E-state index in [-0.39, 0.29) is 6.61 Å². The van der Waals surface area contributed by atoms with E-state index >= 15 is 0 Å². The number of hydrogen-bond acceptors (Lipinski definition) is 1. The highest BCUT2D eigenvalue weighted by Crippen LogP contribution is 1.78. The minimum absolute atomic E-state index is 0.169. The third-order valence-electron chi connectivity index (χ3n) is 0.817. The van der Waals surface area contributed by atoms with Crippen molar-refractivity contribution in [3.05, 3.63) is 12.2 Å². The molecule has 0 aromatic heterocycles. The van der Waals surface area contributed by atoms with E-state index in [1.165, 1.54) is 0 Å². The zero-order valence-electron chi connectivity index (χ0n) is 5.72. The van der Waals surface area contributed by atoms with Gasteiger partial charge in [0.05, 0.1) is 6.61 Å². The molecule has 1 nitrogen and oxygen atoms in total. The molecule has 0 aliphatic rings. The lowest BCUT2D eigenvalue weighted by molar-refractivity contribution is 0.305. The van der Waals surface area contributed by atoms with E-state index in [2.05, 4.69) is 11.8 Å². The predicted molar refractivity (Wildman–Crippen MR) is 38.9 cm³/mol. The maximum absolute atomic E-state index is 8.30. The smallest absolute Gasteiger partial charge is 0.0540 e. The van der Waals surface area contributed by atoms with E-state index in [1.807, 2.05) is 19.1 Å². The second-order valence-electron chi connectivity index (χ2n) is 1.60. The second kappa shape index (κ2) is 7.26. The third-order valence-corrected chi connectivity index (χ3v) is 0.817. The van der Waals surface area contributed by atoms with E-state index in [0.29, 0.717) is 6.42 Å². The van der Waals surface area contributed by atoms with Gasteiger partial charge in [-0.1, -0.05) is 18.1 Å². The minimum Gasteiger partial charge on any atom is -0.395 e. The van der Waals surface area contributed by atoms with Crippen LogP contribution >= 0.6 is 0 Å². The first-order valence-electron chi connectivity index (χ1n) is 3.09. The molecular formula is C8H12O. The quantitative estimate of drug-likeness (QED) is 0.435. The Kier molecular flexibility index (Phi) is 6.66. The maximum Gasteiger partial charge on any atom is 0.0540 e. The van der Waals surface area contributed by atoms with Gasteiger partial charge < -0.3 is 5.11 Å². The lowest BCUT2D eigenvalue weighted by Crippen LogP contribution is -1.74. The normalized spacial score (nSPS) is 9.11. The summed E-state index contributed by atoms with van der Waals surface area (Å²) in [6, 6.07) is 0. The lowest BCUT2D eigenvalue weighted by Gasteiger charge is -1.76. The first-order chi connectivity index (χ1) is 4.41. The fourth-order valence-corrected chi connectivity index (χ4v) is 0.393. The molecule has 0 unspecified atom stereocenters. The molecular weight excluding hydrogens is 112 g/mol. The van der Waals surface area contributed by atoms with Crippen LogP contribution in [0.25, 0.3) is 0 Å². The summed E-state index contributed by atoms with van der Waals surface area (Å²) in [6.45, 7) is 2.14. The van der Waals surface area contributed by atoms with Crippen molar-refractivity contribution in [2.24, 2.45) is 0 Å². The molecule has 0 saturated carbocycles. The van der Waals surface area contributed by atoms with Gasteiger partial charge >= 0.3 is 0 Å². The summed E-state index contributed by atoms with van der Waals surface area (Å²) >= 11 is 0. The molecule has 0 aliphatic heterocycles. The highest BCUT2D eigenvalue weighted by atomic mass is 16.2. The van der Waals surface area contributed by atoms with Crippen LogP contribution in [0.1, 0.15) is 19.8 Å². The van der Waals surface area contributed by atoms with Gasteiger partial charge in [-0.15, -0.1) is 5.92 Å². The maximum atomic E-state index is 8.30. The molecule has 0 fully saturated rings. The van der Waals surface area contributed by atoms with E-state index < -0.39 is 0 Å². The van der Waals surface area contributed by atoms with Crippen molar-refractivity contribution in [3.63, 3.8) is 0 Å². The van der Waals surface area contributed by atoms with Crippen LogP contribution in [0.5, 0.6) is 0 Å². The van der Waals surface area contributed by atoms with Crippen molar-refractivity contribution in [1.29, 1.82) is 0 Å². The van der Waals surface area contributed by atoms with Crippen LogP contribution in [-0.4, -0.2) is 11.7 Å². The standard InChI is InChI=1S/C8H12O/c1-2-3-4-5-6-7-8-9/h2-3,9H,4,7-8H2,1H3/b3-2+. The topological polar surface area (TPSA) is 20.2 Å². The summed E-state index contributed by atoms with van der Waals surface area (Å²) in [5, 5.41) is 8.30. The largest absolute Gasteiger partial charge is 0.395 e. The fraction of sp³-hybridized carbons (Fsp3) is 0.500. The van der Waals surface area contributed by atoms with Crippen LogP contribution in [-0.2, 0) is 0 Å². The molecule has 0 atom stereocenters. The van der Waals surface area contributed by atoms with Crippen molar-refractivity contribution < 1.29 is 5.11 Å². The van der Waals surface area contributed by atoms with Gasteiger partial charge in [0.1, 0.15) is 0 Å². The van der Waals surface area contributed by atoms with Gasteiger partial charge in [-0.25, -0.2) is 0 Å². The summed E-state index contributed by atoms with van der Waals surface area (Å²) < 4.78 is 0. The first-order valence-corrected chi connectivity index (χ1v) is 3.09. The number of allylic oxidation sites excluding steroid dienone is 2. The van der Waals surface area contributed by atoms with Crippen LogP contribution in [0.2, 0.25) is 0 Å². The Morgan fingerprint density at radius 3 is 2.78 bits per heavy atom. The second-order valence-corrected chi connectivity index (χ2v) is 1.60. The van der Waals surface area contributed by atoms with Gasteiger partial charge in [0.15, 0.2) is 0 Å². The lowest BCUT2D eigenvalue weighted by atomic mass is 10.3. The zero-order chi connectivity index (χ0) is 6.95. The van der Waals surface area contributed by atoms with Crippen molar-refractivity contribution >= 4 is 0 Å². The Hall–Kier alpha value is -0.740. The molecule has 0 radical (unpaired) electrons. The zero-order valence-corrected chi connectivity index (χ0v) is 5.72. The van der Waals surface area contributed by atoms with Crippen LogP contribution in [0.15, 0.2) is 12.2 Å². The number of aliphatic hydroxyl groups excluding tert-OH is 1. The number of rotatable bonds is 2. The van der Waals surface area contributed by atoms with Gasteiger partial charge in [-0.2, -0.15) is 0 Å². The molecule has 1 N–H and O–H groups in total. The molecule has 9 heavy (non-hydrogen) atoms. The van der Waals surface area contributed by atoms with E-state index in [9.17, 15) is 0 Å². The van der Waals surface area contributed by atoms with Crippen LogP contribution in [0, 0.1) is 11.8 Å². The van der Waals surface area contributed by atoms with Crippen LogP contribution in [0.3, 0.4) is 0 Å². The number of hydrogen-bond donors (Lipinski definition) is 1. The Balaban J connectivity index is 3.16. The summed E-state index contributed by atoms with van der Waals surface area (Å²) in [5.74, 6) is 5.71. The molecule has 0 aliphatic carbocycles. The van der Waals surface area contributed by atoms with Gasteiger partial charge in [0.25, 0.3) is 0 Å². The van der Waals surface area contributed by atoms with Crippen molar-refractivity contribution in [1.82, 2.24) is 0 Å². The highest BCUT2D eigenvalue weighted by Gasteiger charge is 1.69. The van der Waals surface area contributed by atoms with Crippen molar-refractivity contribution in [3.8, 4) is 11.8 Å². The van der Waals surface area contributed by atoms with Gasteiger partial charge in [0.2, 0.25) is 0 Å². The van der Waals surface area contributed by atoms with Gasteiger partial charge in [-0.05, 0) is 6.92 Å². The van der Waals surface area contributed by atoms with E-state index in [1.54, 1.807) is 0 Å². The molecule has 0 aromatic carbocycles. The minimum atomic E-state index is 0.169. The van der Waals surface area contributed by atoms with Crippen LogP contribution < -0.4 is 0 Å². The molecule has 0 rings (SSSR count). The average Bonchev–Trinajstić information content (AvgIpc) is 1.89. The molecule has 50 valence electrons. The highest BCUT2D eigenvalue weighted by molar-refractivity contribution is 5.03. The SMILES string of the molecule is C/C=C/CC#CCCO. The number of aliphatic hydroxyl groups is 1. The van der Waals surface area contributed by atoms with E-state index in [0.717, 1.165) is 6.42 Å². The van der Waals surface area contributed by atoms with E-state index in [4.69, 9.17) is 5.11 Å². The van der Waals surface area contributed by atoms with Gasteiger partial charge in [0, 0.05) is 12.8 Å². The Bertz CT molecular complexity index is 125. The molecule has 0 amide bonds. The van der Waals surface area contributed by atoms with Crippen molar-refractivity contribution in [2.45, 2.75) is 19.8 Å². The Morgan fingerprint density at radius 1 is 1.44 bits per heavy atom. The summed E-state index contributed by atoms with van der Waals surface area (Å²) in [5.41, 5.74) is 0. The van der Waals surface area contributed by atoms with Gasteiger partial charge in [-0.3, -0.25) is 0 Å². The third kappa shape index (κ3) is 7.26. The summed E-state index contributed by atoms with van der Waals surface area (Å²) in [6.07, 6.45) is 5.35. The Labute approximate surface area is 56.4 Å². The molecule has 0 aromatic rings. The molecule has 0 spiro atoms. The first kappa shape index (κ1) is 8.26. The molecule has 1 heteroatoms. The summed E-state index contributed by atoms with van der Waals surface area (Å²) in [4.78, 5) is 0. The molecule has 0 saturated heterocycles. The fourth-order valence-electron chi connectivity index (χ4n) is 0.393. The predicted octanol–water partition coefficient (Wildman–Crippen LogP) is 1.34. The Morgan fingerprint density at radius 2 is 2.22 bits per heavy atom.